The maximum atomic E-state index is 9.76. The van der Waals surface area contributed by atoms with Gasteiger partial charge in [0.2, 0.25) is 0 Å². The van der Waals surface area contributed by atoms with Crippen LogP contribution in [0.5, 0.6) is 11.5 Å². The van der Waals surface area contributed by atoms with Crippen molar-refractivity contribution in [3.8, 4) is 11.5 Å². The van der Waals surface area contributed by atoms with Crippen LogP contribution in [-0.2, 0) is 13.0 Å². The maximum absolute atomic E-state index is 9.76. The molecule has 6 nitrogen and oxygen atoms in total. The third-order valence-corrected chi connectivity index (χ3v) is 4.25. The van der Waals surface area contributed by atoms with Gasteiger partial charge in [0.1, 0.15) is 0 Å². The van der Waals surface area contributed by atoms with Gasteiger partial charge < -0.3 is 20.5 Å². The highest BCUT2D eigenvalue weighted by molar-refractivity contribution is 14.0. The van der Waals surface area contributed by atoms with Crippen LogP contribution >= 0.6 is 35.3 Å². The number of aromatic hydroxyl groups is 1. The first-order valence-electron chi connectivity index (χ1n) is 8.50. The Hall–Kier alpha value is -1.55. The van der Waals surface area contributed by atoms with Crippen molar-refractivity contribution < 1.29 is 9.84 Å². The Balaban J connectivity index is 0.00000338. The zero-order valence-electron chi connectivity index (χ0n) is 15.4. The Bertz CT molecular complexity index is 706. The molecular formula is C18H27IN4O2S. The van der Waals surface area contributed by atoms with Gasteiger partial charge in [-0.05, 0) is 38.5 Å². The summed E-state index contributed by atoms with van der Waals surface area (Å²) in [7, 11) is 0. The van der Waals surface area contributed by atoms with E-state index >= 15 is 0 Å². The zero-order valence-corrected chi connectivity index (χ0v) is 18.6. The molecule has 2 aromatic rings. The van der Waals surface area contributed by atoms with Crippen molar-refractivity contribution in [2.45, 2.75) is 33.7 Å². The Morgan fingerprint density at radius 2 is 2.12 bits per heavy atom. The highest BCUT2D eigenvalue weighted by Gasteiger charge is 2.04. The number of nitrogens with zero attached hydrogens (tertiary/aromatic N) is 2. The summed E-state index contributed by atoms with van der Waals surface area (Å²) in [5, 5.41) is 19.5. The van der Waals surface area contributed by atoms with Crippen LogP contribution in [0.3, 0.4) is 0 Å². The second-order valence-electron chi connectivity index (χ2n) is 5.46. The van der Waals surface area contributed by atoms with E-state index in [-0.39, 0.29) is 29.7 Å². The lowest BCUT2D eigenvalue weighted by molar-refractivity contribution is 0.318. The van der Waals surface area contributed by atoms with Gasteiger partial charge in [0.15, 0.2) is 17.5 Å². The fourth-order valence-corrected chi connectivity index (χ4v) is 2.92. The number of aliphatic imine (C=N–C) groups is 1. The number of hydrogen-bond donors (Lipinski definition) is 3. The summed E-state index contributed by atoms with van der Waals surface area (Å²) in [5.74, 6) is 1.41. The van der Waals surface area contributed by atoms with Crippen molar-refractivity contribution in [3.05, 3.63) is 39.8 Å². The molecule has 0 unspecified atom stereocenters. The molecule has 144 valence electrons. The van der Waals surface area contributed by atoms with Crippen LogP contribution in [0, 0.1) is 6.92 Å². The van der Waals surface area contributed by atoms with Gasteiger partial charge in [0.25, 0.3) is 0 Å². The van der Waals surface area contributed by atoms with Gasteiger partial charge in [-0.1, -0.05) is 6.07 Å². The zero-order chi connectivity index (χ0) is 18.1. The van der Waals surface area contributed by atoms with Crippen LogP contribution < -0.4 is 15.4 Å². The molecule has 0 saturated heterocycles. The minimum Gasteiger partial charge on any atom is -0.504 e. The first-order valence-corrected chi connectivity index (χ1v) is 9.38. The largest absolute Gasteiger partial charge is 0.504 e. The molecule has 0 fully saturated rings. The average molecular weight is 490 g/mol. The predicted octanol–water partition coefficient (Wildman–Crippen LogP) is 3.47. The molecule has 0 atom stereocenters. The Labute approximate surface area is 176 Å². The Morgan fingerprint density at radius 3 is 2.77 bits per heavy atom. The summed E-state index contributed by atoms with van der Waals surface area (Å²) in [6, 6.07) is 5.31. The van der Waals surface area contributed by atoms with E-state index in [2.05, 4.69) is 26.0 Å². The molecule has 1 heterocycles. The van der Waals surface area contributed by atoms with Crippen molar-refractivity contribution in [1.82, 2.24) is 15.6 Å². The lowest BCUT2D eigenvalue weighted by Gasteiger charge is -2.11. The third-order valence-electron chi connectivity index (χ3n) is 3.43. The maximum Gasteiger partial charge on any atom is 0.191 e. The lowest BCUT2D eigenvalue weighted by atomic mass is 10.2. The minimum absolute atomic E-state index is 0. The van der Waals surface area contributed by atoms with Crippen LogP contribution in [-0.4, -0.2) is 35.7 Å². The topological polar surface area (TPSA) is 78.8 Å². The van der Waals surface area contributed by atoms with Crippen LogP contribution in [0.2, 0.25) is 0 Å². The van der Waals surface area contributed by atoms with Crippen molar-refractivity contribution in [1.29, 1.82) is 0 Å². The van der Waals surface area contributed by atoms with Gasteiger partial charge in [0.05, 0.1) is 23.9 Å². The first-order chi connectivity index (χ1) is 12.1. The number of aryl methyl sites for hydroxylation is 1. The minimum atomic E-state index is 0. The number of ether oxygens (including phenoxy) is 1. The Kier molecular flexibility index (Phi) is 10.3. The van der Waals surface area contributed by atoms with E-state index in [9.17, 15) is 5.11 Å². The summed E-state index contributed by atoms with van der Waals surface area (Å²) in [4.78, 5) is 9.05. The molecule has 1 aromatic heterocycles. The number of halogens is 1. The standard InChI is InChI=1S/C18H26N4O2S.HI/c1-4-19-18(20-9-8-15-12-25-13(3)22-15)21-11-14-6-7-16(23)17(10-14)24-5-2;/h6-7,10,12,23H,4-5,8-9,11H2,1-3H3,(H2,19,20,21);1H. The highest BCUT2D eigenvalue weighted by atomic mass is 127. The monoisotopic (exact) mass is 490 g/mol. The number of nitrogens with one attached hydrogen (secondary N) is 2. The molecule has 8 heteroatoms. The Morgan fingerprint density at radius 1 is 1.31 bits per heavy atom. The summed E-state index contributed by atoms with van der Waals surface area (Å²) < 4.78 is 5.41. The fraction of sp³-hybridized carbons (Fsp3) is 0.444. The molecule has 0 saturated carbocycles. The number of phenolic OH excluding ortho intramolecular Hbond substituents is 1. The number of phenols is 1. The van der Waals surface area contributed by atoms with E-state index in [0.717, 1.165) is 41.7 Å². The molecule has 0 aliphatic rings. The van der Waals surface area contributed by atoms with Gasteiger partial charge >= 0.3 is 0 Å². The number of rotatable bonds is 8. The van der Waals surface area contributed by atoms with Crippen molar-refractivity contribution in [2.24, 2.45) is 4.99 Å². The van der Waals surface area contributed by atoms with Crippen molar-refractivity contribution in [2.75, 3.05) is 19.7 Å². The fourth-order valence-electron chi connectivity index (χ4n) is 2.27. The van der Waals surface area contributed by atoms with E-state index < -0.39 is 0 Å². The molecule has 1 aromatic carbocycles. The number of guanidine groups is 1. The van der Waals surface area contributed by atoms with Gasteiger partial charge in [-0.2, -0.15) is 0 Å². The SMILES string of the molecule is CCNC(=NCc1ccc(O)c(OCC)c1)NCCc1csc(C)n1.I. The van der Waals surface area contributed by atoms with Crippen LogP contribution in [0.15, 0.2) is 28.6 Å². The van der Waals surface area contributed by atoms with E-state index in [1.165, 1.54) is 0 Å². The molecule has 0 amide bonds. The molecule has 0 spiro atoms. The first kappa shape index (κ1) is 22.5. The van der Waals surface area contributed by atoms with Gasteiger partial charge in [0, 0.05) is 24.9 Å². The van der Waals surface area contributed by atoms with Gasteiger partial charge in [-0.3, -0.25) is 0 Å². The number of hydrogen-bond acceptors (Lipinski definition) is 5. The second kappa shape index (κ2) is 11.9. The summed E-state index contributed by atoms with van der Waals surface area (Å²) in [6.07, 6.45) is 0.864. The molecule has 0 aliphatic heterocycles. The van der Waals surface area contributed by atoms with Crippen LogP contribution in [0.4, 0.5) is 0 Å². The smallest absolute Gasteiger partial charge is 0.191 e. The second-order valence-corrected chi connectivity index (χ2v) is 6.53. The number of thiazole rings is 1. The summed E-state index contributed by atoms with van der Waals surface area (Å²) in [6.45, 7) is 8.53. The normalized spacial score (nSPS) is 11.0. The van der Waals surface area contributed by atoms with E-state index in [1.54, 1.807) is 17.4 Å². The lowest BCUT2D eigenvalue weighted by Crippen LogP contribution is -2.38. The van der Waals surface area contributed by atoms with Crippen molar-refractivity contribution in [3.63, 3.8) is 0 Å². The molecule has 0 bridgehead atoms. The quantitative estimate of drug-likeness (QED) is 0.300. The van der Waals surface area contributed by atoms with Crippen molar-refractivity contribution >= 4 is 41.3 Å². The molecule has 0 aliphatic carbocycles. The molecule has 26 heavy (non-hydrogen) atoms. The van der Waals surface area contributed by atoms with E-state index in [4.69, 9.17) is 4.74 Å². The van der Waals surface area contributed by atoms with E-state index in [0.29, 0.717) is 18.9 Å². The van der Waals surface area contributed by atoms with Crippen LogP contribution in [0.25, 0.3) is 0 Å². The molecular weight excluding hydrogens is 463 g/mol. The summed E-state index contributed by atoms with van der Waals surface area (Å²) >= 11 is 1.67. The number of benzene rings is 1. The molecule has 3 N–H and O–H groups in total. The van der Waals surface area contributed by atoms with Gasteiger partial charge in [-0.15, -0.1) is 35.3 Å². The van der Waals surface area contributed by atoms with Crippen LogP contribution in [0.1, 0.15) is 30.1 Å². The average Bonchev–Trinajstić information content (AvgIpc) is 3.01. The predicted molar refractivity (Wildman–Crippen MR) is 118 cm³/mol. The third kappa shape index (κ3) is 7.36. The molecule has 2 rings (SSSR count). The highest BCUT2D eigenvalue weighted by Crippen LogP contribution is 2.27. The summed E-state index contributed by atoms with van der Waals surface area (Å²) in [5.41, 5.74) is 2.08. The van der Waals surface area contributed by atoms with Gasteiger partial charge in [-0.25, -0.2) is 9.98 Å². The number of aromatic nitrogens is 1. The molecule has 0 radical (unpaired) electrons. The van der Waals surface area contributed by atoms with E-state index in [1.807, 2.05) is 32.9 Å².